The molecule has 2 heterocycles. The van der Waals surface area contributed by atoms with Crippen LogP contribution in [0.2, 0.25) is 5.02 Å². The maximum atomic E-state index is 6.15. The quantitative estimate of drug-likeness (QED) is 0.525. The standard InChI is InChI=1S/C18H13ClN4O3/c1-24-12-8-6-11(7-9-12)18-22-21-16(25-18)10-15-20-17(23-26-15)13-4-2-3-5-14(13)19/h2-9H,10H2,1H3. The lowest BCUT2D eigenvalue weighted by molar-refractivity contribution is 0.374. The van der Waals surface area contributed by atoms with Crippen LogP contribution >= 0.6 is 11.6 Å². The molecule has 7 nitrogen and oxygen atoms in total. The maximum absolute atomic E-state index is 6.15. The first kappa shape index (κ1) is 16.3. The zero-order valence-electron chi connectivity index (χ0n) is 13.7. The van der Waals surface area contributed by atoms with E-state index >= 15 is 0 Å². The summed E-state index contributed by atoms with van der Waals surface area (Å²) in [5.74, 6) is 2.33. The van der Waals surface area contributed by atoms with Crippen LogP contribution in [0.3, 0.4) is 0 Å². The van der Waals surface area contributed by atoms with Crippen LogP contribution in [-0.4, -0.2) is 27.4 Å². The fraction of sp³-hybridized carbons (Fsp3) is 0.111. The lowest BCUT2D eigenvalue weighted by Gasteiger charge is -1.99. The van der Waals surface area contributed by atoms with Gasteiger partial charge in [0.1, 0.15) is 12.2 Å². The molecular formula is C18H13ClN4O3. The zero-order chi connectivity index (χ0) is 17.9. The number of ether oxygens (including phenoxy) is 1. The number of rotatable bonds is 5. The van der Waals surface area contributed by atoms with Gasteiger partial charge in [-0.2, -0.15) is 4.98 Å². The second-order valence-corrected chi connectivity index (χ2v) is 5.81. The average Bonchev–Trinajstić information content (AvgIpc) is 3.32. The van der Waals surface area contributed by atoms with E-state index < -0.39 is 0 Å². The zero-order valence-corrected chi connectivity index (χ0v) is 14.5. The van der Waals surface area contributed by atoms with Crippen LogP contribution in [-0.2, 0) is 6.42 Å². The minimum absolute atomic E-state index is 0.237. The molecule has 0 fully saturated rings. The molecule has 0 aliphatic rings. The largest absolute Gasteiger partial charge is 0.497 e. The summed E-state index contributed by atoms with van der Waals surface area (Å²) in [4.78, 5) is 4.33. The summed E-state index contributed by atoms with van der Waals surface area (Å²) in [6, 6.07) is 14.6. The van der Waals surface area contributed by atoms with Crippen molar-refractivity contribution in [2.45, 2.75) is 6.42 Å². The summed E-state index contributed by atoms with van der Waals surface area (Å²) in [7, 11) is 1.61. The number of hydrogen-bond donors (Lipinski definition) is 0. The molecule has 8 heteroatoms. The molecule has 0 spiro atoms. The third-order valence-corrected chi connectivity index (χ3v) is 4.02. The summed E-state index contributed by atoms with van der Waals surface area (Å²) in [6.45, 7) is 0. The summed E-state index contributed by atoms with van der Waals surface area (Å²) < 4.78 is 16.1. The van der Waals surface area contributed by atoms with E-state index in [1.165, 1.54) is 0 Å². The summed E-state index contributed by atoms with van der Waals surface area (Å²) in [6.07, 6.45) is 0.237. The van der Waals surface area contributed by atoms with E-state index in [0.29, 0.717) is 34.1 Å². The molecule has 0 bridgehead atoms. The first-order valence-electron chi connectivity index (χ1n) is 7.77. The van der Waals surface area contributed by atoms with Crippen LogP contribution in [0.25, 0.3) is 22.8 Å². The Balaban J connectivity index is 1.52. The highest BCUT2D eigenvalue weighted by Gasteiger charge is 2.15. The van der Waals surface area contributed by atoms with Gasteiger partial charge in [-0.1, -0.05) is 28.9 Å². The van der Waals surface area contributed by atoms with Crippen molar-refractivity contribution < 1.29 is 13.7 Å². The third-order valence-electron chi connectivity index (χ3n) is 3.69. The Kier molecular flexibility index (Phi) is 4.37. The van der Waals surface area contributed by atoms with Crippen molar-refractivity contribution in [3.63, 3.8) is 0 Å². The van der Waals surface area contributed by atoms with Gasteiger partial charge in [-0.15, -0.1) is 10.2 Å². The molecule has 0 saturated heterocycles. The number of methoxy groups -OCH3 is 1. The Hall–Kier alpha value is -3.19. The van der Waals surface area contributed by atoms with E-state index in [-0.39, 0.29) is 6.42 Å². The number of aromatic nitrogens is 4. The van der Waals surface area contributed by atoms with Crippen LogP contribution in [0.1, 0.15) is 11.8 Å². The molecule has 2 aromatic heterocycles. The van der Waals surface area contributed by atoms with Gasteiger partial charge < -0.3 is 13.7 Å². The molecular weight excluding hydrogens is 356 g/mol. The molecule has 0 N–H and O–H groups in total. The molecule has 2 aromatic carbocycles. The Morgan fingerprint density at radius 1 is 1.00 bits per heavy atom. The van der Waals surface area contributed by atoms with E-state index in [1.54, 1.807) is 13.2 Å². The third kappa shape index (κ3) is 3.29. The fourth-order valence-corrected chi connectivity index (χ4v) is 2.60. The summed E-state index contributed by atoms with van der Waals surface area (Å²) in [5.41, 5.74) is 1.50. The highest BCUT2D eigenvalue weighted by molar-refractivity contribution is 6.33. The predicted octanol–water partition coefficient (Wildman–Crippen LogP) is 4.04. The molecule has 0 amide bonds. The number of halogens is 1. The highest BCUT2D eigenvalue weighted by atomic mass is 35.5. The van der Waals surface area contributed by atoms with Crippen molar-refractivity contribution in [3.05, 3.63) is 65.3 Å². The van der Waals surface area contributed by atoms with Crippen LogP contribution < -0.4 is 4.74 Å². The normalized spacial score (nSPS) is 10.8. The Morgan fingerprint density at radius 2 is 1.81 bits per heavy atom. The molecule has 130 valence electrons. The van der Waals surface area contributed by atoms with Crippen molar-refractivity contribution >= 4 is 11.6 Å². The van der Waals surface area contributed by atoms with E-state index in [1.807, 2.05) is 42.5 Å². The fourth-order valence-electron chi connectivity index (χ4n) is 2.38. The van der Waals surface area contributed by atoms with Gasteiger partial charge in [0.2, 0.25) is 23.5 Å². The van der Waals surface area contributed by atoms with Crippen LogP contribution in [0, 0.1) is 0 Å². The first-order valence-corrected chi connectivity index (χ1v) is 8.15. The molecule has 4 rings (SSSR count). The van der Waals surface area contributed by atoms with Gasteiger partial charge in [-0.3, -0.25) is 0 Å². The summed E-state index contributed by atoms with van der Waals surface area (Å²) in [5, 5.41) is 12.6. The SMILES string of the molecule is COc1ccc(-c2nnc(Cc3nc(-c4ccccc4Cl)no3)o2)cc1. The van der Waals surface area contributed by atoms with Crippen molar-refractivity contribution in [2.75, 3.05) is 7.11 Å². The van der Waals surface area contributed by atoms with Gasteiger partial charge in [0, 0.05) is 11.1 Å². The molecule has 0 aliphatic heterocycles. The van der Waals surface area contributed by atoms with Gasteiger partial charge >= 0.3 is 0 Å². The van der Waals surface area contributed by atoms with Crippen LogP contribution in [0.4, 0.5) is 0 Å². The van der Waals surface area contributed by atoms with Crippen molar-refractivity contribution in [1.82, 2.24) is 20.3 Å². The Bertz CT molecular complexity index is 1030. The van der Waals surface area contributed by atoms with Gasteiger partial charge in [-0.05, 0) is 36.4 Å². The smallest absolute Gasteiger partial charge is 0.247 e. The number of benzene rings is 2. The molecule has 0 atom stereocenters. The van der Waals surface area contributed by atoms with E-state index in [2.05, 4.69) is 20.3 Å². The summed E-state index contributed by atoms with van der Waals surface area (Å²) >= 11 is 6.15. The molecule has 26 heavy (non-hydrogen) atoms. The van der Waals surface area contributed by atoms with Crippen molar-refractivity contribution in [3.8, 4) is 28.6 Å². The van der Waals surface area contributed by atoms with Gasteiger partial charge in [0.25, 0.3) is 0 Å². The number of hydrogen-bond acceptors (Lipinski definition) is 7. The molecule has 4 aromatic rings. The van der Waals surface area contributed by atoms with Crippen LogP contribution in [0.15, 0.2) is 57.5 Å². The van der Waals surface area contributed by atoms with Gasteiger partial charge in [0.15, 0.2) is 0 Å². The lowest BCUT2D eigenvalue weighted by Crippen LogP contribution is -1.89. The minimum Gasteiger partial charge on any atom is -0.497 e. The van der Waals surface area contributed by atoms with E-state index in [9.17, 15) is 0 Å². The molecule has 0 unspecified atom stereocenters. The second kappa shape index (κ2) is 6.97. The maximum Gasteiger partial charge on any atom is 0.247 e. The van der Waals surface area contributed by atoms with Crippen molar-refractivity contribution in [2.24, 2.45) is 0 Å². The van der Waals surface area contributed by atoms with E-state index in [4.69, 9.17) is 25.3 Å². The first-order chi connectivity index (χ1) is 12.7. The topological polar surface area (TPSA) is 87.1 Å². The average molecular weight is 369 g/mol. The Labute approximate surface area is 153 Å². The predicted molar refractivity (Wildman–Crippen MR) is 93.8 cm³/mol. The monoisotopic (exact) mass is 368 g/mol. The second-order valence-electron chi connectivity index (χ2n) is 5.40. The van der Waals surface area contributed by atoms with Gasteiger partial charge in [0.05, 0.1) is 12.1 Å². The van der Waals surface area contributed by atoms with Crippen LogP contribution in [0.5, 0.6) is 5.75 Å². The minimum atomic E-state index is 0.237. The molecule has 0 saturated carbocycles. The molecule has 0 aliphatic carbocycles. The molecule has 0 radical (unpaired) electrons. The van der Waals surface area contributed by atoms with Gasteiger partial charge in [-0.25, -0.2) is 0 Å². The Morgan fingerprint density at radius 3 is 2.58 bits per heavy atom. The lowest BCUT2D eigenvalue weighted by atomic mass is 10.2. The van der Waals surface area contributed by atoms with Crippen molar-refractivity contribution in [1.29, 1.82) is 0 Å². The highest BCUT2D eigenvalue weighted by Crippen LogP contribution is 2.26. The van der Waals surface area contributed by atoms with E-state index in [0.717, 1.165) is 11.3 Å². The number of nitrogens with zero attached hydrogens (tertiary/aromatic N) is 4.